The Labute approximate surface area is 175 Å². The van der Waals surface area contributed by atoms with Crippen LogP contribution in [0.15, 0.2) is 48.5 Å². The molecule has 3 rings (SSSR count). The zero-order valence-electron chi connectivity index (χ0n) is 17.0. The number of nitrogens with two attached hydrogens (primary N) is 1. The molecule has 1 saturated heterocycles. The Morgan fingerprint density at radius 3 is 2.43 bits per heavy atom. The summed E-state index contributed by atoms with van der Waals surface area (Å²) in [5.41, 5.74) is 6.99. The predicted octanol–water partition coefficient (Wildman–Crippen LogP) is 2.28. The van der Waals surface area contributed by atoms with Crippen molar-refractivity contribution in [1.29, 1.82) is 0 Å². The summed E-state index contributed by atoms with van der Waals surface area (Å²) in [6, 6.07) is 13.1. The number of hydrogen-bond donors (Lipinski definition) is 2. The molecule has 2 aromatic carbocycles. The lowest BCUT2D eigenvalue weighted by Crippen LogP contribution is -2.49. The maximum absolute atomic E-state index is 13.9. The van der Waals surface area contributed by atoms with E-state index in [1.807, 2.05) is 36.4 Å². The van der Waals surface area contributed by atoms with Gasteiger partial charge in [0.25, 0.3) is 0 Å². The largest absolute Gasteiger partial charge is 0.494 e. The van der Waals surface area contributed by atoms with Crippen LogP contribution in [-0.4, -0.2) is 55.0 Å². The van der Waals surface area contributed by atoms with Crippen LogP contribution in [0.25, 0.3) is 0 Å². The fraction of sp³-hybridized carbons (Fsp3) is 0.364. The standard InChI is InChI=1S/C22H27FN4O3/c1-30-20-8-7-16(13-18(20)23)15-26-9-11-27(12-10-26)21(28)14-19(25-22(24)29)17-5-3-2-4-6-17/h2-8,13,19H,9-12,14-15H2,1H3,(H3,24,25,29). The zero-order valence-corrected chi connectivity index (χ0v) is 17.0. The van der Waals surface area contributed by atoms with E-state index in [4.69, 9.17) is 10.5 Å². The van der Waals surface area contributed by atoms with Crippen molar-refractivity contribution in [3.05, 3.63) is 65.5 Å². The monoisotopic (exact) mass is 414 g/mol. The Balaban J connectivity index is 1.54. The van der Waals surface area contributed by atoms with Gasteiger partial charge in [-0.2, -0.15) is 0 Å². The molecule has 1 unspecified atom stereocenters. The lowest BCUT2D eigenvalue weighted by Gasteiger charge is -2.35. The number of methoxy groups -OCH3 is 1. The molecule has 1 aliphatic rings. The van der Waals surface area contributed by atoms with Crippen molar-refractivity contribution >= 4 is 11.9 Å². The number of rotatable bonds is 7. The third kappa shape index (κ3) is 5.70. The third-order valence-electron chi connectivity index (χ3n) is 5.24. The second kappa shape index (κ2) is 10.1. The number of nitrogens with zero attached hydrogens (tertiary/aromatic N) is 2. The van der Waals surface area contributed by atoms with Crippen molar-refractivity contribution in [2.24, 2.45) is 5.73 Å². The van der Waals surface area contributed by atoms with Gasteiger partial charge < -0.3 is 20.7 Å². The van der Waals surface area contributed by atoms with Gasteiger partial charge in [0.05, 0.1) is 19.6 Å². The van der Waals surface area contributed by atoms with Crippen LogP contribution < -0.4 is 15.8 Å². The predicted molar refractivity (Wildman–Crippen MR) is 111 cm³/mol. The number of urea groups is 1. The molecule has 1 atom stereocenters. The van der Waals surface area contributed by atoms with E-state index in [9.17, 15) is 14.0 Å². The second-order valence-corrected chi connectivity index (χ2v) is 7.30. The maximum atomic E-state index is 13.9. The van der Waals surface area contributed by atoms with Crippen LogP contribution in [0, 0.1) is 5.82 Å². The average molecular weight is 414 g/mol. The van der Waals surface area contributed by atoms with E-state index in [1.54, 1.807) is 11.0 Å². The lowest BCUT2D eigenvalue weighted by molar-refractivity contribution is -0.133. The minimum absolute atomic E-state index is 0.0345. The summed E-state index contributed by atoms with van der Waals surface area (Å²) in [6.45, 7) is 3.15. The number of halogens is 1. The van der Waals surface area contributed by atoms with Gasteiger partial charge in [-0.3, -0.25) is 9.69 Å². The van der Waals surface area contributed by atoms with E-state index in [-0.39, 0.29) is 23.9 Å². The minimum Gasteiger partial charge on any atom is -0.494 e. The molecule has 2 aromatic rings. The Morgan fingerprint density at radius 1 is 1.13 bits per heavy atom. The molecule has 0 aromatic heterocycles. The molecule has 0 bridgehead atoms. The topological polar surface area (TPSA) is 87.9 Å². The first-order chi connectivity index (χ1) is 14.5. The van der Waals surface area contributed by atoms with E-state index >= 15 is 0 Å². The van der Waals surface area contributed by atoms with Crippen molar-refractivity contribution in [1.82, 2.24) is 15.1 Å². The van der Waals surface area contributed by atoms with Gasteiger partial charge >= 0.3 is 6.03 Å². The summed E-state index contributed by atoms with van der Waals surface area (Å²) < 4.78 is 18.8. The molecule has 1 fully saturated rings. The first kappa shape index (κ1) is 21.6. The summed E-state index contributed by atoms with van der Waals surface area (Å²) in [5, 5.41) is 2.66. The number of nitrogens with one attached hydrogen (secondary N) is 1. The van der Waals surface area contributed by atoms with Crippen LogP contribution in [0.3, 0.4) is 0 Å². The quantitative estimate of drug-likeness (QED) is 0.728. The molecule has 0 radical (unpaired) electrons. The van der Waals surface area contributed by atoms with Gasteiger partial charge in [0.2, 0.25) is 5.91 Å². The molecule has 0 spiro atoms. The highest BCUT2D eigenvalue weighted by Gasteiger charge is 2.25. The van der Waals surface area contributed by atoms with Crippen LogP contribution in [0.2, 0.25) is 0 Å². The van der Waals surface area contributed by atoms with Gasteiger partial charge in [-0.15, -0.1) is 0 Å². The number of hydrogen-bond acceptors (Lipinski definition) is 4. The number of ether oxygens (including phenoxy) is 1. The molecular weight excluding hydrogens is 387 g/mol. The molecule has 8 heteroatoms. The number of benzene rings is 2. The highest BCUT2D eigenvalue weighted by Crippen LogP contribution is 2.21. The molecule has 160 valence electrons. The number of carbonyl (C=O) groups excluding carboxylic acids is 2. The number of piperazine rings is 1. The number of amides is 3. The van der Waals surface area contributed by atoms with Gasteiger partial charge in [-0.05, 0) is 23.3 Å². The summed E-state index contributed by atoms with van der Waals surface area (Å²) in [4.78, 5) is 28.1. The molecule has 7 nitrogen and oxygen atoms in total. The zero-order chi connectivity index (χ0) is 21.5. The second-order valence-electron chi connectivity index (χ2n) is 7.30. The van der Waals surface area contributed by atoms with Crippen molar-refractivity contribution in [3.8, 4) is 5.75 Å². The van der Waals surface area contributed by atoms with Crippen LogP contribution in [0.1, 0.15) is 23.6 Å². The van der Waals surface area contributed by atoms with Crippen LogP contribution >= 0.6 is 0 Å². The van der Waals surface area contributed by atoms with Gasteiger partial charge in [0, 0.05) is 32.7 Å². The summed E-state index contributed by atoms with van der Waals surface area (Å²) in [6.07, 6.45) is 0.149. The number of carbonyl (C=O) groups is 2. The Morgan fingerprint density at radius 2 is 1.83 bits per heavy atom. The highest BCUT2D eigenvalue weighted by atomic mass is 19.1. The highest BCUT2D eigenvalue weighted by molar-refractivity contribution is 5.79. The lowest BCUT2D eigenvalue weighted by atomic mass is 10.0. The molecule has 1 heterocycles. The molecule has 3 N–H and O–H groups in total. The van der Waals surface area contributed by atoms with E-state index in [2.05, 4.69) is 10.2 Å². The van der Waals surface area contributed by atoms with Crippen molar-refractivity contribution < 1.29 is 18.7 Å². The fourth-order valence-corrected chi connectivity index (χ4v) is 3.63. The van der Waals surface area contributed by atoms with E-state index in [1.165, 1.54) is 13.2 Å². The molecule has 1 aliphatic heterocycles. The molecule has 0 aliphatic carbocycles. The fourth-order valence-electron chi connectivity index (χ4n) is 3.63. The molecular formula is C22H27FN4O3. The van der Waals surface area contributed by atoms with Gasteiger partial charge in [0.15, 0.2) is 11.6 Å². The van der Waals surface area contributed by atoms with Crippen LogP contribution in [-0.2, 0) is 11.3 Å². The third-order valence-corrected chi connectivity index (χ3v) is 5.24. The molecule has 3 amide bonds. The Bertz CT molecular complexity index is 870. The SMILES string of the molecule is COc1ccc(CN2CCN(C(=O)CC(NC(N)=O)c3ccccc3)CC2)cc1F. The van der Waals surface area contributed by atoms with E-state index in [0.717, 1.165) is 11.1 Å². The van der Waals surface area contributed by atoms with Gasteiger partial charge in [-0.25, -0.2) is 9.18 Å². The minimum atomic E-state index is -0.659. The normalized spacial score (nSPS) is 15.5. The van der Waals surface area contributed by atoms with Crippen LogP contribution in [0.5, 0.6) is 5.75 Å². The Hall–Kier alpha value is -3.13. The first-order valence-electron chi connectivity index (χ1n) is 9.89. The number of primary amides is 1. The van der Waals surface area contributed by atoms with E-state index < -0.39 is 12.1 Å². The van der Waals surface area contributed by atoms with Crippen LogP contribution in [0.4, 0.5) is 9.18 Å². The summed E-state index contributed by atoms with van der Waals surface area (Å²) in [7, 11) is 1.44. The van der Waals surface area contributed by atoms with E-state index in [0.29, 0.717) is 32.7 Å². The molecule has 0 saturated carbocycles. The maximum Gasteiger partial charge on any atom is 0.312 e. The average Bonchev–Trinajstić information content (AvgIpc) is 2.74. The van der Waals surface area contributed by atoms with Gasteiger partial charge in [-0.1, -0.05) is 36.4 Å². The van der Waals surface area contributed by atoms with Gasteiger partial charge in [0.1, 0.15) is 0 Å². The first-order valence-corrected chi connectivity index (χ1v) is 9.89. The Kier molecular flexibility index (Phi) is 7.24. The van der Waals surface area contributed by atoms with Crippen molar-refractivity contribution in [2.45, 2.75) is 19.0 Å². The van der Waals surface area contributed by atoms with Crippen molar-refractivity contribution in [3.63, 3.8) is 0 Å². The molecule has 30 heavy (non-hydrogen) atoms. The smallest absolute Gasteiger partial charge is 0.312 e. The summed E-state index contributed by atoms with van der Waals surface area (Å²) in [5.74, 6) is -0.183. The van der Waals surface area contributed by atoms with Crippen molar-refractivity contribution in [2.75, 3.05) is 33.3 Å². The summed E-state index contributed by atoms with van der Waals surface area (Å²) >= 11 is 0.